The lowest BCUT2D eigenvalue weighted by Crippen LogP contribution is -2.27. The van der Waals surface area contributed by atoms with Crippen molar-refractivity contribution in [1.82, 2.24) is 4.98 Å². The Morgan fingerprint density at radius 3 is 2.69 bits per heavy atom. The minimum atomic E-state index is -0.414. The number of amides is 1. The molecule has 0 bridgehead atoms. The molecule has 1 atom stereocenters. The largest absolute Gasteiger partial charge is 0.494 e. The summed E-state index contributed by atoms with van der Waals surface area (Å²) in [7, 11) is 0. The molecule has 1 unspecified atom stereocenters. The van der Waals surface area contributed by atoms with Crippen LogP contribution >= 0.6 is 0 Å². The van der Waals surface area contributed by atoms with Crippen LogP contribution in [-0.4, -0.2) is 24.0 Å². The topological polar surface area (TPSA) is 77.2 Å². The van der Waals surface area contributed by atoms with Gasteiger partial charge in [-0.2, -0.15) is 0 Å². The molecule has 0 radical (unpaired) electrons. The maximum Gasteiger partial charge on any atom is 0.233 e. The molecule has 0 aliphatic heterocycles. The molecular formula is C21H23N3O2. The number of benzene rings is 2. The van der Waals surface area contributed by atoms with Crippen LogP contribution in [-0.2, 0) is 4.79 Å². The van der Waals surface area contributed by atoms with Crippen LogP contribution in [0.1, 0.15) is 24.8 Å². The zero-order valence-corrected chi connectivity index (χ0v) is 14.8. The van der Waals surface area contributed by atoms with E-state index in [1.165, 1.54) is 0 Å². The number of hydrogen-bond acceptors (Lipinski definition) is 4. The molecule has 134 valence electrons. The summed E-state index contributed by atoms with van der Waals surface area (Å²) >= 11 is 0. The Bertz CT molecular complexity index is 878. The molecule has 0 saturated heterocycles. The first-order valence-electron chi connectivity index (χ1n) is 8.78. The number of ether oxygens (including phenoxy) is 1. The summed E-state index contributed by atoms with van der Waals surface area (Å²) in [5.41, 5.74) is 7.49. The molecule has 3 N–H and O–H groups in total. The number of carbonyl (C=O) groups excluding carboxylic acids is 1. The predicted octanol–water partition coefficient (Wildman–Crippen LogP) is 3.70. The summed E-state index contributed by atoms with van der Waals surface area (Å²) < 4.78 is 5.58. The van der Waals surface area contributed by atoms with Crippen LogP contribution in [0.4, 0.5) is 5.69 Å². The van der Waals surface area contributed by atoms with Gasteiger partial charge in [-0.25, -0.2) is 0 Å². The zero-order chi connectivity index (χ0) is 18.4. The molecule has 0 aliphatic carbocycles. The molecule has 0 spiro atoms. The van der Waals surface area contributed by atoms with E-state index in [4.69, 9.17) is 10.5 Å². The van der Waals surface area contributed by atoms with Crippen molar-refractivity contribution in [2.75, 3.05) is 18.5 Å². The molecule has 0 aliphatic rings. The molecule has 0 saturated carbocycles. The van der Waals surface area contributed by atoms with Gasteiger partial charge in [-0.05, 0) is 47.7 Å². The van der Waals surface area contributed by atoms with Crippen molar-refractivity contribution in [3.8, 4) is 5.75 Å². The Kier molecular flexibility index (Phi) is 5.81. The molecule has 1 heterocycles. The number of hydrogen-bond donors (Lipinski definition) is 2. The average Bonchev–Trinajstić information content (AvgIpc) is 2.68. The third kappa shape index (κ3) is 4.18. The minimum absolute atomic E-state index is 0.122. The van der Waals surface area contributed by atoms with E-state index in [2.05, 4.69) is 17.2 Å². The van der Waals surface area contributed by atoms with Crippen molar-refractivity contribution >= 4 is 22.4 Å². The highest BCUT2D eigenvalue weighted by molar-refractivity contribution is 5.98. The van der Waals surface area contributed by atoms with Crippen LogP contribution in [0.3, 0.4) is 0 Å². The lowest BCUT2D eigenvalue weighted by molar-refractivity contribution is -0.117. The van der Waals surface area contributed by atoms with Gasteiger partial charge in [-0.15, -0.1) is 0 Å². The molecule has 5 heteroatoms. The predicted molar refractivity (Wildman–Crippen MR) is 104 cm³/mol. The first-order chi connectivity index (χ1) is 12.7. The maximum absolute atomic E-state index is 12.7. The lowest BCUT2D eigenvalue weighted by atomic mass is 9.98. The standard InChI is InChI=1S/C21H23N3O2/c1-2-11-26-19-7-4-15(5-8-19)20(13-22)21(25)24-18-6-3-17-14-23-10-9-16(17)12-18/h3-10,12,14,20H,2,11,13,22H2,1H3,(H,24,25). The number of fused-ring (bicyclic) bond motifs is 1. The second-order valence-electron chi connectivity index (χ2n) is 6.13. The number of nitrogens with zero attached hydrogens (tertiary/aromatic N) is 1. The zero-order valence-electron chi connectivity index (χ0n) is 14.8. The van der Waals surface area contributed by atoms with Gasteiger partial charge in [0.05, 0.1) is 12.5 Å². The van der Waals surface area contributed by atoms with Crippen LogP contribution in [0.2, 0.25) is 0 Å². The van der Waals surface area contributed by atoms with Gasteiger partial charge in [-0.1, -0.05) is 25.1 Å². The monoisotopic (exact) mass is 349 g/mol. The van der Waals surface area contributed by atoms with Gasteiger partial charge in [0.2, 0.25) is 5.91 Å². The number of pyridine rings is 1. The van der Waals surface area contributed by atoms with E-state index in [9.17, 15) is 4.79 Å². The smallest absolute Gasteiger partial charge is 0.233 e. The fourth-order valence-corrected chi connectivity index (χ4v) is 2.80. The maximum atomic E-state index is 12.7. The number of nitrogens with one attached hydrogen (secondary N) is 1. The Morgan fingerprint density at radius 2 is 1.96 bits per heavy atom. The molecule has 1 amide bonds. The van der Waals surface area contributed by atoms with E-state index < -0.39 is 5.92 Å². The summed E-state index contributed by atoms with van der Waals surface area (Å²) in [5, 5.41) is 5.02. The average molecular weight is 349 g/mol. The van der Waals surface area contributed by atoms with Crippen molar-refractivity contribution < 1.29 is 9.53 Å². The van der Waals surface area contributed by atoms with Crippen molar-refractivity contribution in [1.29, 1.82) is 0 Å². The van der Waals surface area contributed by atoms with Gasteiger partial charge in [0, 0.05) is 30.0 Å². The van der Waals surface area contributed by atoms with Crippen molar-refractivity contribution in [2.24, 2.45) is 5.73 Å². The molecular weight excluding hydrogens is 326 g/mol. The fraction of sp³-hybridized carbons (Fsp3) is 0.238. The van der Waals surface area contributed by atoms with Crippen LogP contribution in [0, 0.1) is 0 Å². The fourth-order valence-electron chi connectivity index (χ4n) is 2.80. The second-order valence-corrected chi connectivity index (χ2v) is 6.13. The van der Waals surface area contributed by atoms with Crippen molar-refractivity contribution in [3.63, 3.8) is 0 Å². The first-order valence-corrected chi connectivity index (χ1v) is 8.78. The van der Waals surface area contributed by atoms with Gasteiger partial charge in [0.1, 0.15) is 5.75 Å². The van der Waals surface area contributed by atoms with Gasteiger partial charge >= 0.3 is 0 Å². The number of nitrogens with two attached hydrogens (primary N) is 1. The first kappa shape index (κ1) is 17.9. The SMILES string of the molecule is CCCOc1ccc(C(CN)C(=O)Nc2ccc3cnccc3c2)cc1. The van der Waals surface area contributed by atoms with E-state index >= 15 is 0 Å². The summed E-state index contributed by atoms with van der Waals surface area (Å²) in [6.45, 7) is 2.97. The van der Waals surface area contributed by atoms with Crippen LogP contribution in [0.25, 0.3) is 10.8 Å². The number of anilines is 1. The Hall–Kier alpha value is -2.92. The van der Waals surface area contributed by atoms with E-state index in [-0.39, 0.29) is 12.5 Å². The Labute approximate surface area is 153 Å². The quantitative estimate of drug-likeness (QED) is 0.682. The van der Waals surface area contributed by atoms with Gasteiger partial charge in [0.15, 0.2) is 0 Å². The van der Waals surface area contributed by atoms with E-state index in [1.807, 2.05) is 48.5 Å². The highest BCUT2D eigenvalue weighted by atomic mass is 16.5. The highest BCUT2D eigenvalue weighted by Gasteiger charge is 2.19. The number of aromatic nitrogens is 1. The molecule has 5 nitrogen and oxygen atoms in total. The lowest BCUT2D eigenvalue weighted by Gasteiger charge is -2.16. The van der Waals surface area contributed by atoms with E-state index in [0.29, 0.717) is 6.61 Å². The van der Waals surface area contributed by atoms with Crippen molar-refractivity contribution in [3.05, 3.63) is 66.5 Å². The third-order valence-corrected chi connectivity index (χ3v) is 4.22. The molecule has 1 aromatic heterocycles. The molecule has 0 fully saturated rings. The van der Waals surface area contributed by atoms with Gasteiger partial charge < -0.3 is 15.8 Å². The Balaban J connectivity index is 1.73. The third-order valence-electron chi connectivity index (χ3n) is 4.22. The van der Waals surface area contributed by atoms with Crippen LogP contribution in [0.5, 0.6) is 5.75 Å². The second kappa shape index (κ2) is 8.45. The minimum Gasteiger partial charge on any atom is -0.494 e. The van der Waals surface area contributed by atoms with E-state index in [1.54, 1.807) is 12.4 Å². The molecule has 2 aromatic carbocycles. The normalized spacial score (nSPS) is 11.9. The number of carbonyl (C=O) groups is 1. The summed E-state index contributed by atoms with van der Waals surface area (Å²) in [6, 6.07) is 15.2. The van der Waals surface area contributed by atoms with E-state index in [0.717, 1.165) is 34.2 Å². The van der Waals surface area contributed by atoms with Gasteiger partial charge in [-0.3, -0.25) is 9.78 Å². The van der Waals surface area contributed by atoms with Crippen molar-refractivity contribution in [2.45, 2.75) is 19.3 Å². The summed E-state index contributed by atoms with van der Waals surface area (Å²) in [6.07, 6.45) is 4.49. The Morgan fingerprint density at radius 1 is 1.15 bits per heavy atom. The molecule has 3 aromatic rings. The van der Waals surface area contributed by atoms with Crippen LogP contribution < -0.4 is 15.8 Å². The summed E-state index contributed by atoms with van der Waals surface area (Å²) in [4.78, 5) is 16.8. The molecule has 3 rings (SSSR count). The van der Waals surface area contributed by atoms with Gasteiger partial charge in [0.25, 0.3) is 0 Å². The highest BCUT2D eigenvalue weighted by Crippen LogP contribution is 2.23. The molecule has 26 heavy (non-hydrogen) atoms. The summed E-state index contributed by atoms with van der Waals surface area (Å²) in [5.74, 6) is 0.265. The van der Waals surface area contributed by atoms with Crippen LogP contribution in [0.15, 0.2) is 60.9 Å². The number of rotatable bonds is 7.